The Labute approximate surface area is 286 Å². The van der Waals surface area contributed by atoms with Crippen LogP contribution in [0.1, 0.15) is 39.2 Å². The van der Waals surface area contributed by atoms with Gasteiger partial charge >= 0.3 is 22.5 Å². The Morgan fingerprint density at radius 1 is 0.686 bits per heavy atom. The number of aromatic nitrogens is 2. The molecule has 51 heavy (non-hydrogen) atoms. The van der Waals surface area contributed by atoms with Gasteiger partial charge in [-0.3, -0.25) is 14.6 Å². The molecule has 15 nitrogen and oxygen atoms in total. The summed E-state index contributed by atoms with van der Waals surface area (Å²) in [6, 6.07) is 23.8. The van der Waals surface area contributed by atoms with Crippen molar-refractivity contribution in [2.75, 3.05) is 33.3 Å². The van der Waals surface area contributed by atoms with Crippen molar-refractivity contribution in [2.45, 2.75) is 12.6 Å². The van der Waals surface area contributed by atoms with Crippen molar-refractivity contribution in [3.05, 3.63) is 155 Å². The van der Waals surface area contributed by atoms with Crippen LogP contribution in [0.2, 0.25) is 0 Å². The normalized spacial score (nSPS) is 13.8. The number of carbonyl (C=O) groups excluding carboxylic acids is 1. The molecule has 0 aliphatic carbocycles. The molecular weight excluding hydrogens is 664 g/mol. The van der Waals surface area contributed by atoms with Crippen LogP contribution >= 0.6 is 0 Å². The van der Waals surface area contributed by atoms with E-state index in [-0.39, 0.29) is 18.5 Å². The number of hydrogen-bond donors (Lipinski definition) is 0. The molecule has 258 valence electrons. The van der Waals surface area contributed by atoms with Crippen LogP contribution in [-0.4, -0.2) is 59.0 Å². The van der Waals surface area contributed by atoms with Gasteiger partial charge in [0, 0.05) is 50.4 Å². The third-order valence-corrected chi connectivity index (χ3v) is 8.26. The van der Waals surface area contributed by atoms with Crippen LogP contribution in [0.5, 0.6) is 5.75 Å². The van der Waals surface area contributed by atoms with Crippen molar-refractivity contribution in [2.24, 2.45) is 0 Å². The highest BCUT2D eigenvalue weighted by Crippen LogP contribution is 2.37. The lowest BCUT2D eigenvalue weighted by Gasteiger charge is -2.39. The van der Waals surface area contributed by atoms with Crippen LogP contribution in [0.25, 0.3) is 22.3 Å². The largest absolute Gasteiger partial charge is 0.490 e. The summed E-state index contributed by atoms with van der Waals surface area (Å²) in [6.45, 7) is 2.99. The molecule has 6 aromatic rings. The molecular formula is C36H28N4O11. The van der Waals surface area contributed by atoms with E-state index in [9.17, 15) is 24.0 Å². The van der Waals surface area contributed by atoms with Gasteiger partial charge in [-0.15, -0.1) is 0 Å². The molecule has 1 saturated heterocycles. The van der Waals surface area contributed by atoms with Crippen molar-refractivity contribution in [1.29, 1.82) is 0 Å². The molecule has 0 N–H and O–H groups in total. The lowest BCUT2D eigenvalue weighted by Crippen LogP contribution is -2.47. The van der Waals surface area contributed by atoms with Gasteiger partial charge < -0.3 is 26.9 Å². The molecule has 1 aliphatic heterocycles. The molecule has 0 radical (unpaired) electrons. The summed E-state index contributed by atoms with van der Waals surface area (Å²) in [5, 5.41) is 3.84. The smallest absolute Gasteiger partial charge is 0.336 e. The highest BCUT2D eigenvalue weighted by Gasteiger charge is 2.31. The average molecular weight is 693 g/mol. The molecule has 0 atom stereocenters. The number of ether oxygens (including phenoxy) is 1. The molecule has 0 unspecified atom stereocenters. The molecule has 3 aromatic heterocycles. The van der Waals surface area contributed by atoms with Gasteiger partial charge in [-0.25, -0.2) is 19.2 Å². The van der Waals surface area contributed by atoms with Crippen LogP contribution < -0.4 is 27.2 Å². The molecule has 15 heteroatoms. The number of ketones is 1. The number of fused-ring (bicyclic) bond motifs is 2. The van der Waals surface area contributed by atoms with Crippen molar-refractivity contribution < 1.29 is 31.7 Å². The summed E-state index contributed by atoms with van der Waals surface area (Å²) in [7, 11) is 1.13. The molecule has 4 heterocycles. The highest BCUT2D eigenvalue weighted by atomic mass is 16.5. The Morgan fingerprint density at radius 2 is 1.16 bits per heavy atom. The summed E-state index contributed by atoms with van der Waals surface area (Å²) >= 11 is 0. The van der Waals surface area contributed by atoms with E-state index < -0.39 is 67.8 Å². The fourth-order valence-corrected chi connectivity index (χ4v) is 6.00. The van der Waals surface area contributed by atoms with Gasteiger partial charge in [-0.1, -0.05) is 65.8 Å². The second-order valence-electron chi connectivity index (χ2n) is 11.5. The lowest BCUT2D eigenvalue weighted by molar-refractivity contribution is 0.0966. The quantitative estimate of drug-likeness (QED) is 0.210. The maximum absolute atomic E-state index is 14.1. The van der Waals surface area contributed by atoms with Gasteiger partial charge in [0.25, 0.3) is 0 Å². The molecule has 3 aromatic carbocycles. The second-order valence-corrected chi connectivity index (χ2v) is 11.5. The summed E-state index contributed by atoms with van der Waals surface area (Å²) in [5.74, 6) is -1.95. The number of rotatable bonds is 8. The van der Waals surface area contributed by atoms with E-state index in [1.54, 1.807) is 0 Å². The predicted octanol–water partition coefficient (Wildman–Crippen LogP) is 3.46. The van der Waals surface area contributed by atoms with E-state index in [0.717, 1.165) is 44.5 Å². The fraction of sp³-hybridized carbons (Fsp3) is 0.194. The average Bonchev–Trinajstić information content (AvgIpc) is 3.60. The Morgan fingerprint density at radius 3 is 1.63 bits per heavy atom. The Kier molecular flexibility index (Phi) is 9.20. The van der Waals surface area contributed by atoms with Gasteiger partial charge in [0.1, 0.15) is 5.56 Å². The first-order valence-corrected chi connectivity index (χ1v) is 15.7. The molecule has 1 fully saturated rings. The zero-order chi connectivity index (χ0) is 35.5. The van der Waals surface area contributed by atoms with Crippen molar-refractivity contribution in [3.8, 4) is 5.75 Å². The van der Waals surface area contributed by atoms with Gasteiger partial charge in [0.2, 0.25) is 34.4 Å². The Hall–Kier alpha value is -6.45. The fourth-order valence-electron chi connectivity index (χ4n) is 6.00. The van der Waals surface area contributed by atoms with Gasteiger partial charge in [-0.2, -0.15) is 4.98 Å². The summed E-state index contributed by atoms with van der Waals surface area (Å²) < 4.78 is 32.1. The zero-order valence-corrected chi connectivity index (χ0v) is 27.0. The third-order valence-electron chi connectivity index (χ3n) is 8.26. The number of piperazine rings is 1. The molecule has 1 aliphatic rings. The molecule has 7 rings (SSSR count). The topological polar surface area (TPSA) is 193 Å². The van der Waals surface area contributed by atoms with E-state index >= 15 is 0 Å². The van der Waals surface area contributed by atoms with Crippen LogP contribution in [0.4, 0.5) is 0 Å². The number of nitrogens with zero attached hydrogens (tertiary/aromatic N) is 4. The minimum atomic E-state index is -1.08. The molecule has 0 saturated carbocycles. The lowest BCUT2D eigenvalue weighted by atomic mass is 9.96. The van der Waals surface area contributed by atoms with Gasteiger partial charge in [0.05, 0.1) is 19.7 Å². The number of benzene rings is 3. The zero-order valence-electron chi connectivity index (χ0n) is 27.0. The van der Waals surface area contributed by atoms with Gasteiger partial charge in [0.15, 0.2) is 11.2 Å². The number of methoxy groups -OCH3 is 1. The van der Waals surface area contributed by atoms with E-state index in [1.165, 1.54) is 11.1 Å². The van der Waals surface area contributed by atoms with E-state index in [1.807, 2.05) is 36.4 Å². The first-order valence-electron chi connectivity index (χ1n) is 15.7. The minimum Gasteiger partial charge on any atom is -0.490 e. The molecule has 0 spiro atoms. The summed E-state index contributed by atoms with van der Waals surface area (Å²) in [6.07, 6.45) is 0. The van der Waals surface area contributed by atoms with Crippen molar-refractivity contribution >= 4 is 28.1 Å². The van der Waals surface area contributed by atoms with Gasteiger partial charge in [-0.05, 0) is 11.1 Å². The maximum atomic E-state index is 14.1. The van der Waals surface area contributed by atoms with E-state index in [4.69, 9.17) is 26.9 Å². The number of hydrogen-bond acceptors (Lipinski definition) is 15. The first kappa shape index (κ1) is 33.1. The Balaban J connectivity index is 1.22. The third kappa shape index (κ3) is 6.88. The molecule has 0 bridgehead atoms. The van der Waals surface area contributed by atoms with Crippen molar-refractivity contribution in [3.63, 3.8) is 0 Å². The first-order chi connectivity index (χ1) is 24.8. The van der Waals surface area contributed by atoms with Crippen LogP contribution in [-0.2, 0) is 6.54 Å². The second kappa shape index (κ2) is 14.2. The predicted molar refractivity (Wildman–Crippen MR) is 179 cm³/mol. The van der Waals surface area contributed by atoms with Crippen LogP contribution in [0.3, 0.4) is 0 Å². The SMILES string of the molecule is COc1c2oc(=O)ccc(=O)oc2c(C(=O)c2noc(CN3CCN(C(c4ccccc4)c4ccccc4)CC3)n2)c2oc(=O)ccc(=O)oc12. The monoisotopic (exact) mass is 692 g/mol. The molecule has 0 amide bonds. The summed E-state index contributed by atoms with van der Waals surface area (Å²) in [5.41, 5.74) is -5.05. The number of carbonyl (C=O) groups is 1. The van der Waals surface area contributed by atoms with E-state index in [0.29, 0.717) is 13.1 Å². The van der Waals surface area contributed by atoms with E-state index in [2.05, 4.69) is 44.2 Å². The van der Waals surface area contributed by atoms with Crippen LogP contribution in [0.15, 0.2) is 126 Å². The highest BCUT2D eigenvalue weighted by molar-refractivity contribution is 6.20. The van der Waals surface area contributed by atoms with Crippen molar-refractivity contribution in [1.82, 2.24) is 19.9 Å². The van der Waals surface area contributed by atoms with Crippen LogP contribution in [0, 0.1) is 0 Å². The standard InChI is InChI=1S/C36H28N4O11/c1-46-33-34-31(47-24(41)12-14-26(43)49-34)28(32-35(33)50-27(44)15-13-25(42)48-32)30(45)36-37-23(51-38-36)20-39-16-18-40(19-17-39)29(21-8-4-2-5-9-21)22-10-6-3-7-11-22/h2-15,29H,16-20H2,1H3. The minimum absolute atomic E-state index is 0.0678. The maximum Gasteiger partial charge on any atom is 0.336 e. The Bertz CT molecular complexity index is 2390. The summed E-state index contributed by atoms with van der Waals surface area (Å²) in [4.78, 5) is 73.0.